The van der Waals surface area contributed by atoms with Crippen LogP contribution in [0.4, 0.5) is 0 Å². The molecule has 0 spiro atoms. The van der Waals surface area contributed by atoms with Crippen molar-refractivity contribution in [1.29, 1.82) is 0 Å². The van der Waals surface area contributed by atoms with Crippen LogP contribution in [0, 0.1) is 0 Å². The molecule has 0 unspecified atom stereocenters. The monoisotopic (exact) mass is 228 g/mol. The molecule has 0 saturated heterocycles. The summed E-state index contributed by atoms with van der Waals surface area (Å²) in [6.45, 7) is 5.77. The summed E-state index contributed by atoms with van der Waals surface area (Å²) in [6.07, 6.45) is 5.56. The Kier molecular flexibility index (Phi) is 6.32. The number of aliphatic hydroxyl groups is 1. The molecule has 0 amide bonds. The van der Waals surface area contributed by atoms with Gasteiger partial charge in [0, 0.05) is 6.04 Å². The SMILES string of the molecule is CCN(CCCN(C)C)C1CCC(O)CC1. The van der Waals surface area contributed by atoms with Crippen LogP contribution >= 0.6 is 0 Å². The van der Waals surface area contributed by atoms with Crippen LogP contribution in [0.1, 0.15) is 39.0 Å². The molecule has 1 fully saturated rings. The van der Waals surface area contributed by atoms with Crippen molar-refractivity contribution in [1.82, 2.24) is 9.80 Å². The average Bonchev–Trinajstić information content (AvgIpc) is 2.26. The molecule has 1 saturated carbocycles. The number of rotatable bonds is 6. The number of hydrogen-bond donors (Lipinski definition) is 1. The Hall–Kier alpha value is -0.120. The van der Waals surface area contributed by atoms with Gasteiger partial charge in [0.1, 0.15) is 0 Å². The highest BCUT2D eigenvalue weighted by atomic mass is 16.3. The molecule has 1 N–H and O–H groups in total. The highest BCUT2D eigenvalue weighted by Gasteiger charge is 2.23. The van der Waals surface area contributed by atoms with Crippen LogP contribution in [0.3, 0.4) is 0 Å². The zero-order valence-electron chi connectivity index (χ0n) is 11.2. The largest absolute Gasteiger partial charge is 0.393 e. The smallest absolute Gasteiger partial charge is 0.0541 e. The topological polar surface area (TPSA) is 26.7 Å². The van der Waals surface area contributed by atoms with Gasteiger partial charge in [-0.2, -0.15) is 0 Å². The molecule has 0 radical (unpaired) electrons. The maximum absolute atomic E-state index is 9.51. The maximum Gasteiger partial charge on any atom is 0.0541 e. The lowest BCUT2D eigenvalue weighted by Crippen LogP contribution is -2.40. The van der Waals surface area contributed by atoms with Gasteiger partial charge in [0.05, 0.1) is 6.10 Å². The molecular formula is C13H28N2O. The fourth-order valence-electron chi connectivity index (χ4n) is 2.61. The van der Waals surface area contributed by atoms with Crippen molar-refractivity contribution in [3.05, 3.63) is 0 Å². The van der Waals surface area contributed by atoms with E-state index in [1.807, 2.05) is 0 Å². The van der Waals surface area contributed by atoms with Gasteiger partial charge in [-0.1, -0.05) is 6.92 Å². The Balaban J connectivity index is 2.24. The molecular weight excluding hydrogens is 200 g/mol. The van der Waals surface area contributed by atoms with Crippen LogP contribution in [0.15, 0.2) is 0 Å². The van der Waals surface area contributed by atoms with Gasteiger partial charge in [0.2, 0.25) is 0 Å². The molecule has 0 aromatic carbocycles. The molecule has 1 aliphatic rings. The number of hydrogen-bond acceptors (Lipinski definition) is 3. The van der Waals surface area contributed by atoms with Crippen molar-refractivity contribution < 1.29 is 5.11 Å². The molecule has 0 heterocycles. The Morgan fingerprint density at radius 3 is 2.19 bits per heavy atom. The van der Waals surface area contributed by atoms with E-state index < -0.39 is 0 Å². The molecule has 0 bridgehead atoms. The van der Waals surface area contributed by atoms with Gasteiger partial charge in [-0.25, -0.2) is 0 Å². The predicted octanol–water partition coefficient (Wildman–Crippen LogP) is 1.56. The van der Waals surface area contributed by atoms with Crippen LogP contribution in [0.2, 0.25) is 0 Å². The molecule has 0 atom stereocenters. The van der Waals surface area contributed by atoms with E-state index in [4.69, 9.17) is 0 Å². The van der Waals surface area contributed by atoms with Gasteiger partial charge >= 0.3 is 0 Å². The first-order valence-electron chi connectivity index (χ1n) is 6.70. The van der Waals surface area contributed by atoms with Gasteiger partial charge in [0.15, 0.2) is 0 Å². The Morgan fingerprint density at radius 1 is 1.06 bits per heavy atom. The second-order valence-corrected chi connectivity index (χ2v) is 5.25. The quantitative estimate of drug-likeness (QED) is 0.747. The van der Waals surface area contributed by atoms with E-state index in [1.165, 1.54) is 32.4 Å². The van der Waals surface area contributed by atoms with Crippen LogP contribution in [0.5, 0.6) is 0 Å². The Morgan fingerprint density at radius 2 is 1.69 bits per heavy atom. The summed E-state index contributed by atoms with van der Waals surface area (Å²) in [5.41, 5.74) is 0. The first-order valence-corrected chi connectivity index (χ1v) is 6.70. The van der Waals surface area contributed by atoms with Gasteiger partial charge < -0.3 is 14.9 Å². The van der Waals surface area contributed by atoms with Gasteiger partial charge in [0.25, 0.3) is 0 Å². The summed E-state index contributed by atoms with van der Waals surface area (Å²) >= 11 is 0. The predicted molar refractivity (Wildman–Crippen MR) is 68.7 cm³/mol. The highest BCUT2D eigenvalue weighted by molar-refractivity contribution is 4.78. The second kappa shape index (κ2) is 7.25. The van der Waals surface area contributed by atoms with Crippen molar-refractivity contribution in [2.75, 3.05) is 33.7 Å². The Bertz CT molecular complexity index is 177. The van der Waals surface area contributed by atoms with Crippen molar-refractivity contribution in [3.63, 3.8) is 0 Å². The molecule has 16 heavy (non-hydrogen) atoms. The minimum atomic E-state index is -0.0308. The van der Waals surface area contributed by atoms with Crippen molar-refractivity contribution in [3.8, 4) is 0 Å². The summed E-state index contributed by atoms with van der Waals surface area (Å²) in [4.78, 5) is 4.84. The lowest BCUT2D eigenvalue weighted by atomic mass is 9.92. The summed E-state index contributed by atoms with van der Waals surface area (Å²) < 4.78 is 0. The van der Waals surface area contributed by atoms with E-state index >= 15 is 0 Å². The molecule has 0 aromatic heterocycles. The third kappa shape index (κ3) is 4.81. The molecule has 96 valence electrons. The summed E-state index contributed by atoms with van der Waals surface area (Å²) in [6, 6.07) is 0.718. The van der Waals surface area contributed by atoms with Crippen molar-refractivity contribution >= 4 is 0 Å². The minimum absolute atomic E-state index is 0.0308. The molecule has 0 aromatic rings. The van der Waals surface area contributed by atoms with E-state index in [1.54, 1.807) is 0 Å². The lowest BCUT2D eigenvalue weighted by Gasteiger charge is -2.35. The lowest BCUT2D eigenvalue weighted by molar-refractivity contribution is 0.0745. The third-order valence-electron chi connectivity index (χ3n) is 3.64. The van der Waals surface area contributed by atoms with Crippen molar-refractivity contribution in [2.24, 2.45) is 0 Å². The average molecular weight is 228 g/mol. The van der Waals surface area contributed by atoms with Gasteiger partial charge in [-0.3, -0.25) is 0 Å². The van der Waals surface area contributed by atoms with Crippen LogP contribution in [-0.4, -0.2) is 60.8 Å². The zero-order chi connectivity index (χ0) is 12.0. The van der Waals surface area contributed by atoms with Gasteiger partial charge in [-0.05, 0) is 65.8 Å². The minimum Gasteiger partial charge on any atom is -0.393 e. The fourth-order valence-corrected chi connectivity index (χ4v) is 2.61. The van der Waals surface area contributed by atoms with E-state index in [2.05, 4.69) is 30.8 Å². The van der Waals surface area contributed by atoms with E-state index in [0.29, 0.717) is 0 Å². The Labute approximate surface area is 100 Å². The summed E-state index contributed by atoms with van der Waals surface area (Å²) in [5, 5.41) is 9.51. The molecule has 0 aliphatic heterocycles. The van der Waals surface area contributed by atoms with E-state index in [0.717, 1.165) is 25.4 Å². The molecule has 3 nitrogen and oxygen atoms in total. The number of nitrogens with zero attached hydrogens (tertiary/aromatic N) is 2. The maximum atomic E-state index is 9.51. The fraction of sp³-hybridized carbons (Fsp3) is 1.00. The first-order chi connectivity index (χ1) is 7.63. The summed E-state index contributed by atoms with van der Waals surface area (Å²) in [7, 11) is 4.26. The summed E-state index contributed by atoms with van der Waals surface area (Å²) in [5.74, 6) is 0. The first kappa shape index (κ1) is 13.9. The van der Waals surface area contributed by atoms with Crippen LogP contribution < -0.4 is 0 Å². The van der Waals surface area contributed by atoms with Gasteiger partial charge in [-0.15, -0.1) is 0 Å². The van der Waals surface area contributed by atoms with Crippen molar-refractivity contribution in [2.45, 2.75) is 51.2 Å². The van der Waals surface area contributed by atoms with Crippen LogP contribution in [-0.2, 0) is 0 Å². The molecule has 1 aliphatic carbocycles. The standard InChI is InChI=1S/C13H28N2O/c1-4-15(11-5-10-14(2)3)12-6-8-13(16)9-7-12/h12-13,16H,4-11H2,1-3H3. The second-order valence-electron chi connectivity index (χ2n) is 5.25. The third-order valence-corrected chi connectivity index (χ3v) is 3.64. The van der Waals surface area contributed by atoms with E-state index in [-0.39, 0.29) is 6.10 Å². The molecule has 1 rings (SSSR count). The normalized spacial score (nSPS) is 26.6. The van der Waals surface area contributed by atoms with Crippen LogP contribution in [0.25, 0.3) is 0 Å². The zero-order valence-corrected chi connectivity index (χ0v) is 11.2. The highest BCUT2D eigenvalue weighted by Crippen LogP contribution is 2.23. The van der Waals surface area contributed by atoms with E-state index in [9.17, 15) is 5.11 Å². The molecule has 3 heteroatoms. The number of aliphatic hydroxyl groups excluding tert-OH is 1.